The van der Waals surface area contributed by atoms with Gasteiger partial charge in [0.2, 0.25) is 0 Å². The summed E-state index contributed by atoms with van der Waals surface area (Å²) in [5, 5.41) is 2.62. The van der Waals surface area contributed by atoms with Gasteiger partial charge in [0.05, 0.1) is 22.8 Å². The van der Waals surface area contributed by atoms with Crippen LogP contribution in [0.5, 0.6) is 11.5 Å². The third-order valence-corrected chi connectivity index (χ3v) is 6.20. The summed E-state index contributed by atoms with van der Waals surface area (Å²) >= 11 is 12.0. The van der Waals surface area contributed by atoms with Crippen molar-refractivity contribution in [2.24, 2.45) is 0 Å². The predicted molar refractivity (Wildman–Crippen MR) is 139 cm³/mol. The summed E-state index contributed by atoms with van der Waals surface area (Å²) in [6.45, 7) is 4.28. The van der Waals surface area contributed by atoms with Gasteiger partial charge in [0.15, 0.2) is 0 Å². The molecule has 0 spiro atoms. The van der Waals surface area contributed by atoms with Crippen molar-refractivity contribution < 1.29 is 23.9 Å². The standard InChI is InChI=1S/C27H22Cl2N2O5/c1-15-8-16(2)10-17(9-15)14-36-24-13-20(35-3)6-4-18(24)11-21-25(32)30-27(34)31(26(21)33)19-5-7-22(28)23(29)12-19/h4-13H,14H2,1-3H3,(H,30,32,34)/b21-11+. The minimum absolute atomic E-state index is 0.162. The first kappa shape index (κ1) is 25.3. The predicted octanol–water partition coefficient (Wildman–Crippen LogP) is 5.86. The Labute approximate surface area is 218 Å². The van der Waals surface area contributed by atoms with Gasteiger partial charge in [0.1, 0.15) is 23.7 Å². The Morgan fingerprint density at radius 3 is 2.31 bits per heavy atom. The molecule has 0 unspecified atom stereocenters. The minimum atomic E-state index is -0.887. The Morgan fingerprint density at radius 2 is 1.64 bits per heavy atom. The van der Waals surface area contributed by atoms with Gasteiger partial charge in [0.25, 0.3) is 11.8 Å². The Balaban J connectivity index is 1.70. The number of amides is 4. The number of imide groups is 2. The third-order valence-electron chi connectivity index (χ3n) is 5.46. The first-order valence-electron chi connectivity index (χ1n) is 10.9. The van der Waals surface area contributed by atoms with E-state index in [2.05, 4.69) is 11.4 Å². The maximum Gasteiger partial charge on any atom is 0.335 e. The fourth-order valence-electron chi connectivity index (χ4n) is 3.87. The van der Waals surface area contributed by atoms with Crippen molar-refractivity contribution in [3.8, 4) is 11.5 Å². The summed E-state index contributed by atoms with van der Waals surface area (Å²) in [6.07, 6.45) is 1.38. The molecule has 0 aliphatic carbocycles. The van der Waals surface area contributed by atoms with Crippen molar-refractivity contribution >= 4 is 52.8 Å². The number of nitrogens with zero attached hydrogens (tertiary/aromatic N) is 1. The highest BCUT2D eigenvalue weighted by Crippen LogP contribution is 2.31. The number of barbiturate groups is 1. The number of hydrogen-bond acceptors (Lipinski definition) is 5. The summed E-state index contributed by atoms with van der Waals surface area (Å²) in [5.41, 5.74) is 3.57. The van der Waals surface area contributed by atoms with Gasteiger partial charge in [-0.15, -0.1) is 0 Å². The van der Waals surface area contributed by atoms with Crippen LogP contribution in [0.2, 0.25) is 10.0 Å². The number of rotatable bonds is 6. The molecule has 1 saturated heterocycles. The van der Waals surface area contributed by atoms with Crippen molar-refractivity contribution in [2.45, 2.75) is 20.5 Å². The molecule has 1 aliphatic heterocycles. The lowest BCUT2D eigenvalue weighted by molar-refractivity contribution is -0.122. The van der Waals surface area contributed by atoms with Crippen LogP contribution in [-0.4, -0.2) is 25.0 Å². The molecule has 0 bridgehead atoms. The van der Waals surface area contributed by atoms with Gasteiger partial charge >= 0.3 is 6.03 Å². The summed E-state index contributed by atoms with van der Waals surface area (Å²) in [6, 6.07) is 14.5. The van der Waals surface area contributed by atoms with Crippen molar-refractivity contribution in [2.75, 3.05) is 12.0 Å². The average molecular weight is 525 g/mol. The number of hydrogen-bond donors (Lipinski definition) is 1. The highest BCUT2D eigenvalue weighted by molar-refractivity contribution is 6.43. The maximum atomic E-state index is 13.3. The van der Waals surface area contributed by atoms with E-state index in [4.69, 9.17) is 32.7 Å². The lowest BCUT2D eigenvalue weighted by atomic mass is 10.1. The van der Waals surface area contributed by atoms with E-state index in [1.54, 1.807) is 18.2 Å². The molecule has 4 amide bonds. The zero-order valence-corrected chi connectivity index (χ0v) is 21.2. The van der Waals surface area contributed by atoms with Crippen molar-refractivity contribution in [1.82, 2.24) is 5.32 Å². The molecule has 3 aromatic carbocycles. The smallest absolute Gasteiger partial charge is 0.335 e. The monoisotopic (exact) mass is 524 g/mol. The number of urea groups is 1. The van der Waals surface area contributed by atoms with E-state index in [1.807, 2.05) is 26.0 Å². The van der Waals surface area contributed by atoms with Gasteiger partial charge in [-0.05, 0) is 55.8 Å². The molecule has 0 aromatic heterocycles. The number of anilines is 1. The highest BCUT2D eigenvalue weighted by atomic mass is 35.5. The van der Waals surface area contributed by atoms with Crippen LogP contribution in [0.3, 0.4) is 0 Å². The fraction of sp³-hybridized carbons (Fsp3) is 0.148. The van der Waals surface area contributed by atoms with Gasteiger partial charge in [-0.2, -0.15) is 0 Å². The van der Waals surface area contributed by atoms with Crippen LogP contribution in [-0.2, 0) is 16.2 Å². The molecule has 9 heteroatoms. The fourth-order valence-corrected chi connectivity index (χ4v) is 4.16. The molecular formula is C27H22Cl2N2O5. The number of methoxy groups -OCH3 is 1. The summed E-state index contributed by atoms with van der Waals surface area (Å²) in [4.78, 5) is 39.2. The van der Waals surface area contributed by atoms with E-state index in [0.717, 1.165) is 21.6 Å². The Hall–Kier alpha value is -3.81. The number of benzene rings is 3. The molecule has 1 fully saturated rings. The molecule has 0 saturated carbocycles. The van der Waals surface area contributed by atoms with Crippen LogP contribution in [0.15, 0.2) is 60.2 Å². The van der Waals surface area contributed by atoms with E-state index in [-0.39, 0.29) is 27.9 Å². The molecule has 0 radical (unpaired) electrons. The lowest BCUT2D eigenvalue weighted by Gasteiger charge is -2.26. The number of aryl methyl sites for hydroxylation is 2. The lowest BCUT2D eigenvalue weighted by Crippen LogP contribution is -2.54. The van der Waals surface area contributed by atoms with Crippen LogP contribution in [0.4, 0.5) is 10.5 Å². The Kier molecular flexibility index (Phi) is 7.33. The van der Waals surface area contributed by atoms with Gasteiger partial charge in [-0.3, -0.25) is 14.9 Å². The second kappa shape index (κ2) is 10.4. The third kappa shape index (κ3) is 5.37. The molecule has 1 aliphatic rings. The molecule has 184 valence electrons. The number of ether oxygens (including phenoxy) is 2. The largest absolute Gasteiger partial charge is 0.497 e. The zero-order chi connectivity index (χ0) is 26.0. The van der Waals surface area contributed by atoms with Crippen LogP contribution in [0, 0.1) is 13.8 Å². The van der Waals surface area contributed by atoms with E-state index in [9.17, 15) is 14.4 Å². The van der Waals surface area contributed by atoms with Gasteiger partial charge < -0.3 is 9.47 Å². The average Bonchev–Trinajstić information content (AvgIpc) is 2.82. The number of halogens is 2. The van der Waals surface area contributed by atoms with Gasteiger partial charge in [0, 0.05) is 11.6 Å². The van der Waals surface area contributed by atoms with Crippen molar-refractivity contribution in [3.05, 3.63) is 92.5 Å². The van der Waals surface area contributed by atoms with Crippen LogP contribution in [0.1, 0.15) is 22.3 Å². The molecule has 7 nitrogen and oxygen atoms in total. The quantitative estimate of drug-likeness (QED) is 0.322. The van der Waals surface area contributed by atoms with E-state index >= 15 is 0 Å². The van der Waals surface area contributed by atoms with Crippen molar-refractivity contribution in [3.63, 3.8) is 0 Å². The molecule has 1 heterocycles. The first-order valence-corrected chi connectivity index (χ1v) is 11.7. The number of carbonyl (C=O) groups excluding carboxylic acids is 3. The zero-order valence-electron chi connectivity index (χ0n) is 19.7. The molecule has 4 rings (SSSR count). The Bertz CT molecular complexity index is 1400. The summed E-state index contributed by atoms with van der Waals surface area (Å²) in [5.74, 6) is -0.685. The van der Waals surface area contributed by atoms with E-state index < -0.39 is 17.8 Å². The van der Waals surface area contributed by atoms with Gasteiger partial charge in [-0.1, -0.05) is 52.5 Å². The molecule has 36 heavy (non-hydrogen) atoms. The molecule has 0 atom stereocenters. The molecular weight excluding hydrogens is 503 g/mol. The maximum absolute atomic E-state index is 13.3. The minimum Gasteiger partial charge on any atom is -0.497 e. The van der Waals surface area contributed by atoms with Crippen LogP contribution in [0.25, 0.3) is 6.08 Å². The van der Waals surface area contributed by atoms with Crippen LogP contribution < -0.4 is 19.7 Å². The summed E-state index contributed by atoms with van der Waals surface area (Å²) in [7, 11) is 1.53. The SMILES string of the molecule is COc1ccc(/C=C2\C(=O)NC(=O)N(c3ccc(Cl)c(Cl)c3)C2=O)c(OCc2cc(C)cc(C)c2)c1. The number of carbonyl (C=O) groups is 3. The second-order valence-electron chi connectivity index (χ2n) is 8.24. The second-order valence-corrected chi connectivity index (χ2v) is 9.06. The van der Waals surface area contributed by atoms with E-state index in [1.165, 1.54) is 31.4 Å². The first-order chi connectivity index (χ1) is 17.2. The Morgan fingerprint density at radius 1 is 0.917 bits per heavy atom. The van der Waals surface area contributed by atoms with Crippen LogP contribution >= 0.6 is 23.2 Å². The summed E-state index contributed by atoms with van der Waals surface area (Å²) < 4.78 is 11.4. The number of nitrogens with one attached hydrogen (secondary N) is 1. The molecule has 1 N–H and O–H groups in total. The highest BCUT2D eigenvalue weighted by Gasteiger charge is 2.37. The van der Waals surface area contributed by atoms with Gasteiger partial charge in [-0.25, -0.2) is 9.69 Å². The normalized spacial score (nSPS) is 14.8. The van der Waals surface area contributed by atoms with Crippen molar-refractivity contribution in [1.29, 1.82) is 0 Å². The topological polar surface area (TPSA) is 84.9 Å². The van der Waals surface area contributed by atoms with E-state index in [0.29, 0.717) is 17.1 Å². The molecule has 3 aromatic rings.